The highest BCUT2D eigenvalue weighted by atomic mass is 16.4. The number of nitrogens with one attached hydrogen (secondary N) is 1. The summed E-state index contributed by atoms with van der Waals surface area (Å²) in [5, 5.41) is 13.9. The van der Waals surface area contributed by atoms with Gasteiger partial charge in [-0.15, -0.1) is 0 Å². The first-order valence-electron chi connectivity index (χ1n) is 7.56. The smallest absolute Gasteiger partial charge is 0.305 e. The molecular formula is C18H19NO3. The summed E-state index contributed by atoms with van der Waals surface area (Å²) in [4.78, 5) is 22.9. The Labute approximate surface area is 129 Å². The molecule has 2 aromatic carbocycles. The van der Waals surface area contributed by atoms with Crippen LogP contribution in [0.25, 0.3) is 10.8 Å². The van der Waals surface area contributed by atoms with Crippen LogP contribution >= 0.6 is 0 Å². The molecule has 2 aromatic rings. The SMILES string of the molecule is CC(CC(=O)O)NC(=O)C1CC1c1cccc2ccccc12. The number of hydrogen-bond donors (Lipinski definition) is 2. The van der Waals surface area contributed by atoms with Crippen molar-refractivity contribution in [3.63, 3.8) is 0 Å². The Morgan fingerprint density at radius 2 is 1.95 bits per heavy atom. The number of aliphatic carboxylic acids is 1. The molecule has 0 spiro atoms. The maximum atomic E-state index is 12.2. The molecule has 4 heteroatoms. The van der Waals surface area contributed by atoms with Gasteiger partial charge in [0.15, 0.2) is 0 Å². The highest BCUT2D eigenvalue weighted by Gasteiger charge is 2.44. The number of benzene rings is 2. The molecule has 0 bridgehead atoms. The van der Waals surface area contributed by atoms with Crippen LogP contribution in [-0.2, 0) is 9.59 Å². The molecule has 1 amide bonds. The molecule has 114 valence electrons. The summed E-state index contributed by atoms with van der Waals surface area (Å²) in [6, 6.07) is 14.0. The van der Waals surface area contributed by atoms with Crippen molar-refractivity contribution in [1.29, 1.82) is 0 Å². The standard InChI is InChI=1S/C18H19NO3/c1-11(9-17(20)21)19-18(22)16-10-15(16)14-8-4-6-12-5-2-3-7-13(12)14/h2-8,11,15-16H,9-10H2,1H3,(H,19,22)(H,20,21). The summed E-state index contributed by atoms with van der Waals surface area (Å²) in [7, 11) is 0. The summed E-state index contributed by atoms with van der Waals surface area (Å²) in [5.74, 6) is -0.730. The minimum absolute atomic E-state index is 0.0355. The number of carboxylic acid groups (broad SMARTS) is 1. The van der Waals surface area contributed by atoms with Crippen molar-refractivity contribution >= 4 is 22.6 Å². The average molecular weight is 297 g/mol. The maximum absolute atomic E-state index is 12.2. The summed E-state index contributed by atoms with van der Waals surface area (Å²) in [6.07, 6.45) is 0.789. The summed E-state index contributed by atoms with van der Waals surface area (Å²) in [6.45, 7) is 1.72. The fourth-order valence-corrected chi connectivity index (χ4v) is 3.07. The van der Waals surface area contributed by atoms with Crippen molar-refractivity contribution in [3.05, 3.63) is 48.0 Å². The molecule has 4 nitrogen and oxygen atoms in total. The monoisotopic (exact) mass is 297 g/mol. The molecule has 0 aromatic heterocycles. The van der Waals surface area contributed by atoms with Gasteiger partial charge in [0.05, 0.1) is 6.42 Å². The normalized spacial score (nSPS) is 21.3. The molecule has 3 rings (SSSR count). The lowest BCUT2D eigenvalue weighted by Gasteiger charge is -2.12. The molecule has 0 radical (unpaired) electrons. The van der Waals surface area contributed by atoms with Crippen LogP contribution < -0.4 is 5.32 Å². The highest BCUT2D eigenvalue weighted by molar-refractivity contribution is 5.89. The molecule has 0 saturated heterocycles. The van der Waals surface area contributed by atoms with E-state index in [2.05, 4.69) is 29.6 Å². The zero-order valence-corrected chi connectivity index (χ0v) is 12.5. The van der Waals surface area contributed by atoms with Crippen molar-refractivity contribution in [3.8, 4) is 0 Å². The van der Waals surface area contributed by atoms with Gasteiger partial charge in [0.25, 0.3) is 0 Å². The largest absolute Gasteiger partial charge is 0.481 e. The van der Waals surface area contributed by atoms with Crippen molar-refractivity contribution in [2.75, 3.05) is 0 Å². The highest BCUT2D eigenvalue weighted by Crippen LogP contribution is 2.49. The van der Waals surface area contributed by atoms with Gasteiger partial charge in [-0.3, -0.25) is 9.59 Å². The molecule has 3 unspecified atom stereocenters. The van der Waals surface area contributed by atoms with E-state index in [1.807, 2.05) is 18.2 Å². The first-order chi connectivity index (χ1) is 10.6. The number of amides is 1. The van der Waals surface area contributed by atoms with E-state index >= 15 is 0 Å². The second-order valence-electron chi connectivity index (χ2n) is 6.02. The number of hydrogen-bond acceptors (Lipinski definition) is 2. The lowest BCUT2D eigenvalue weighted by molar-refractivity contribution is -0.137. The molecule has 22 heavy (non-hydrogen) atoms. The summed E-state index contributed by atoms with van der Waals surface area (Å²) in [5.41, 5.74) is 1.21. The third kappa shape index (κ3) is 2.96. The van der Waals surface area contributed by atoms with Gasteiger partial charge in [-0.1, -0.05) is 42.5 Å². The van der Waals surface area contributed by atoms with E-state index in [1.165, 1.54) is 16.3 Å². The molecule has 0 aliphatic heterocycles. The Morgan fingerprint density at radius 3 is 2.73 bits per heavy atom. The van der Waals surface area contributed by atoms with Crippen LogP contribution in [0, 0.1) is 5.92 Å². The van der Waals surface area contributed by atoms with E-state index in [0.717, 1.165) is 6.42 Å². The van der Waals surface area contributed by atoms with Crippen LogP contribution in [0.4, 0.5) is 0 Å². The topological polar surface area (TPSA) is 66.4 Å². The van der Waals surface area contributed by atoms with Gasteiger partial charge in [-0.2, -0.15) is 0 Å². The average Bonchev–Trinajstić information content (AvgIpc) is 3.26. The van der Waals surface area contributed by atoms with E-state index < -0.39 is 5.97 Å². The Hall–Kier alpha value is -2.36. The first-order valence-corrected chi connectivity index (χ1v) is 7.56. The fourth-order valence-electron chi connectivity index (χ4n) is 3.07. The zero-order chi connectivity index (χ0) is 15.7. The molecule has 2 N–H and O–H groups in total. The lowest BCUT2D eigenvalue weighted by atomic mass is 10.00. The molecule has 1 saturated carbocycles. The quantitative estimate of drug-likeness (QED) is 0.891. The van der Waals surface area contributed by atoms with Crippen LogP contribution in [0.5, 0.6) is 0 Å². The Kier molecular flexibility index (Phi) is 3.84. The summed E-state index contributed by atoms with van der Waals surface area (Å²) >= 11 is 0. The predicted octanol–water partition coefficient (Wildman–Crippen LogP) is 2.92. The van der Waals surface area contributed by atoms with Crippen LogP contribution in [0.15, 0.2) is 42.5 Å². The summed E-state index contributed by atoms with van der Waals surface area (Å²) < 4.78 is 0. The second-order valence-corrected chi connectivity index (χ2v) is 6.02. The van der Waals surface area contributed by atoms with Crippen molar-refractivity contribution in [1.82, 2.24) is 5.32 Å². The van der Waals surface area contributed by atoms with Crippen molar-refractivity contribution in [2.45, 2.75) is 31.7 Å². The molecule has 0 heterocycles. The van der Waals surface area contributed by atoms with Crippen LogP contribution in [0.1, 0.15) is 31.2 Å². The van der Waals surface area contributed by atoms with E-state index in [-0.39, 0.29) is 30.2 Å². The van der Waals surface area contributed by atoms with Gasteiger partial charge in [0.1, 0.15) is 0 Å². The predicted molar refractivity (Wildman–Crippen MR) is 84.7 cm³/mol. The van der Waals surface area contributed by atoms with Gasteiger partial charge in [0.2, 0.25) is 5.91 Å². The maximum Gasteiger partial charge on any atom is 0.305 e. The molecule has 1 aliphatic rings. The van der Waals surface area contributed by atoms with Crippen molar-refractivity contribution in [2.24, 2.45) is 5.92 Å². The fraction of sp³-hybridized carbons (Fsp3) is 0.333. The molecule has 1 aliphatic carbocycles. The van der Waals surface area contributed by atoms with E-state index in [0.29, 0.717) is 0 Å². The van der Waals surface area contributed by atoms with E-state index in [4.69, 9.17) is 5.11 Å². The number of rotatable bonds is 5. The number of carbonyl (C=O) groups excluding carboxylic acids is 1. The van der Waals surface area contributed by atoms with E-state index in [1.54, 1.807) is 6.92 Å². The molecule has 3 atom stereocenters. The van der Waals surface area contributed by atoms with Crippen LogP contribution in [0.2, 0.25) is 0 Å². The van der Waals surface area contributed by atoms with E-state index in [9.17, 15) is 9.59 Å². The van der Waals surface area contributed by atoms with Gasteiger partial charge in [0, 0.05) is 12.0 Å². The van der Waals surface area contributed by atoms with Gasteiger partial charge in [-0.05, 0) is 35.6 Å². The number of fused-ring (bicyclic) bond motifs is 1. The minimum atomic E-state index is -0.894. The first kappa shape index (κ1) is 14.6. The number of carbonyl (C=O) groups is 2. The third-order valence-corrected chi connectivity index (χ3v) is 4.22. The zero-order valence-electron chi connectivity index (χ0n) is 12.5. The van der Waals surface area contributed by atoms with Crippen LogP contribution in [0.3, 0.4) is 0 Å². The Morgan fingerprint density at radius 1 is 1.23 bits per heavy atom. The Balaban J connectivity index is 1.71. The lowest BCUT2D eigenvalue weighted by Crippen LogP contribution is -2.35. The molecular weight excluding hydrogens is 278 g/mol. The van der Waals surface area contributed by atoms with Crippen LogP contribution in [-0.4, -0.2) is 23.0 Å². The number of carboxylic acids is 1. The third-order valence-electron chi connectivity index (χ3n) is 4.22. The minimum Gasteiger partial charge on any atom is -0.481 e. The van der Waals surface area contributed by atoms with Gasteiger partial charge in [-0.25, -0.2) is 0 Å². The van der Waals surface area contributed by atoms with Crippen molar-refractivity contribution < 1.29 is 14.7 Å². The van der Waals surface area contributed by atoms with Gasteiger partial charge >= 0.3 is 5.97 Å². The molecule has 1 fully saturated rings. The van der Waals surface area contributed by atoms with Gasteiger partial charge < -0.3 is 10.4 Å². The Bertz CT molecular complexity index is 720. The second kappa shape index (κ2) is 5.79.